The van der Waals surface area contributed by atoms with Gasteiger partial charge in [0.1, 0.15) is 0 Å². The Balaban J connectivity index is 1.07. The van der Waals surface area contributed by atoms with E-state index in [0.717, 1.165) is 0 Å². The summed E-state index contributed by atoms with van der Waals surface area (Å²) in [5.74, 6) is 0. The number of benzene rings is 10. The molecule has 0 radical (unpaired) electrons. The molecule has 0 saturated heterocycles. The van der Waals surface area contributed by atoms with Gasteiger partial charge in [0.05, 0.1) is 11.4 Å². The summed E-state index contributed by atoms with van der Waals surface area (Å²) in [7, 11) is 0. The predicted octanol–water partition coefficient (Wildman–Crippen LogP) is 15.0. The van der Waals surface area contributed by atoms with Gasteiger partial charge in [0.25, 0.3) is 0 Å². The van der Waals surface area contributed by atoms with E-state index in [-0.39, 0.29) is 14.5 Å². The summed E-state index contributed by atoms with van der Waals surface area (Å²) in [6.45, 7) is 0. The second-order valence-electron chi connectivity index (χ2n) is 14.4. The first-order chi connectivity index (χ1) is 27.3. The third-order valence-electron chi connectivity index (χ3n) is 11.6. The number of nitrogens with zero attached hydrogens (tertiary/aromatic N) is 2. The van der Waals surface area contributed by atoms with Gasteiger partial charge >= 0.3 is 247 Å². The molecule has 13 rings (SSSR count). The van der Waals surface area contributed by atoms with Gasteiger partial charge in [0.2, 0.25) is 0 Å². The molecule has 3 heterocycles. The molecule has 2 aliphatic heterocycles. The van der Waals surface area contributed by atoms with Crippen LogP contribution in [0.3, 0.4) is 0 Å². The molecule has 0 amide bonds. The first-order valence-corrected chi connectivity index (χ1v) is 21.9. The zero-order valence-electron chi connectivity index (χ0n) is 29.3. The molecule has 0 aliphatic carbocycles. The van der Waals surface area contributed by atoms with Crippen LogP contribution in [0.5, 0.6) is 0 Å². The monoisotopic (exact) mass is 800 g/mol. The van der Waals surface area contributed by atoms with Crippen LogP contribution in [0.25, 0.3) is 62.4 Å². The van der Waals surface area contributed by atoms with Gasteiger partial charge in [-0.3, -0.25) is 0 Å². The van der Waals surface area contributed by atoms with E-state index in [4.69, 9.17) is 0 Å². The molecular weight excluding hydrogens is 772 g/mol. The van der Waals surface area contributed by atoms with E-state index in [1.165, 1.54) is 116 Å². The number of para-hydroxylation sites is 3. The Bertz CT molecular complexity index is 3360. The van der Waals surface area contributed by atoms with Gasteiger partial charge in [-0.1, -0.05) is 36.0 Å². The van der Waals surface area contributed by atoms with Crippen LogP contribution in [0.15, 0.2) is 189 Å². The van der Waals surface area contributed by atoms with Crippen molar-refractivity contribution in [1.82, 2.24) is 0 Å². The first-order valence-electron chi connectivity index (χ1n) is 18.6. The molecule has 0 saturated carbocycles. The Morgan fingerprint density at radius 1 is 0.291 bits per heavy atom. The van der Waals surface area contributed by atoms with Gasteiger partial charge in [-0.2, -0.15) is 0 Å². The van der Waals surface area contributed by atoms with Gasteiger partial charge < -0.3 is 4.90 Å². The van der Waals surface area contributed by atoms with E-state index in [1.54, 1.807) is 0 Å². The molecule has 10 aromatic carbocycles. The van der Waals surface area contributed by atoms with E-state index in [0.29, 0.717) is 0 Å². The fourth-order valence-corrected chi connectivity index (χ4v) is 13.8. The Morgan fingerprint density at radius 2 is 0.745 bits per heavy atom. The van der Waals surface area contributed by atoms with E-state index in [1.807, 2.05) is 23.5 Å². The minimum absolute atomic E-state index is 0.284. The summed E-state index contributed by atoms with van der Waals surface area (Å²) in [6, 6.07) is 63.8. The number of anilines is 6. The fourth-order valence-electron chi connectivity index (χ4n) is 9.27. The second kappa shape index (κ2) is 11.4. The molecule has 0 fully saturated rings. The number of fused-ring (bicyclic) bond motifs is 9. The van der Waals surface area contributed by atoms with Crippen LogP contribution in [0.4, 0.5) is 34.1 Å². The summed E-state index contributed by atoms with van der Waals surface area (Å²) in [6.07, 6.45) is 0. The van der Waals surface area contributed by atoms with Crippen molar-refractivity contribution in [1.29, 1.82) is 0 Å². The van der Waals surface area contributed by atoms with E-state index in [9.17, 15) is 0 Å². The topological polar surface area (TPSA) is 6.48 Å². The van der Waals surface area contributed by atoms with Crippen molar-refractivity contribution in [3.63, 3.8) is 0 Å². The third kappa shape index (κ3) is 4.24. The van der Waals surface area contributed by atoms with Crippen molar-refractivity contribution >= 4 is 135 Å². The molecule has 2 aliphatic rings. The van der Waals surface area contributed by atoms with E-state index in [2.05, 4.69) is 180 Å². The average Bonchev–Trinajstić information content (AvgIpc) is 3.60. The van der Waals surface area contributed by atoms with Crippen LogP contribution in [0.1, 0.15) is 0 Å². The van der Waals surface area contributed by atoms with Crippen molar-refractivity contribution in [2.24, 2.45) is 0 Å². The molecule has 55 heavy (non-hydrogen) atoms. The molecule has 0 N–H and O–H groups in total. The number of hydrogen-bond acceptors (Lipinski definition) is 4. The number of hydrogen-bond donors (Lipinski definition) is 0. The standard InChI is InChI=1S/C50H28N2S2Se/c1-8-22-47-29(11-1)36-27-46-42(28-48(36)55-47)52(41-18-4-7-21-45(41)54-46)38-26-24-33-30-12-9-14-34-37(25-23-32(49(30)34)31-13-10-15-35(38)50(31)33)51-39-16-2-5-19-43(39)53-44-20-6-3-17-40(44)51/h1-28H. The van der Waals surface area contributed by atoms with Crippen LogP contribution >= 0.6 is 23.5 Å². The van der Waals surface area contributed by atoms with Gasteiger partial charge in [0, 0.05) is 9.79 Å². The quantitative estimate of drug-likeness (QED) is 0.0976. The predicted molar refractivity (Wildman–Crippen MR) is 237 cm³/mol. The summed E-state index contributed by atoms with van der Waals surface area (Å²) in [4.78, 5) is 10.2. The Hall–Kier alpha value is -5.68. The Labute approximate surface area is 331 Å². The Morgan fingerprint density at radius 3 is 1.35 bits per heavy atom. The molecule has 0 unspecified atom stereocenters. The van der Waals surface area contributed by atoms with E-state index < -0.39 is 0 Å². The van der Waals surface area contributed by atoms with Crippen molar-refractivity contribution in [3.8, 4) is 0 Å². The van der Waals surface area contributed by atoms with Crippen LogP contribution in [-0.2, 0) is 0 Å². The van der Waals surface area contributed by atoms with Gasteiger partial charge in [0.15, 0.2) is 0 Å². The van der Waals surface area contributed by atoms with Crippen LogP contribution in [0, 0.1) is 0 Å². The molecule has 0 bridgehead atoms. The molecule has 0 atom stereocenters. The van der Waals surface area contributed by atoms with Crippen molar-refractivity contribution in [2.75, 3.05) is 9.80 Å². The van der Waals surface area contributed by atoms with Crippen molar-refractivity contribution in [2.45, 2.75) is 19.6 Å². The zero-order chi connectivity index (χ0) is 35.8. The zero-order valence-corrected chi connectivity index (χ0v) is 32.6. The molecule has 5 heteroatoms. The molecular formula is C50H28N2S2Se. The normalized spacial score (nSPS) is 13.6. The summed E-state index contributed by atoms with van der Waals surface area (Å²) in [5.41, 5.74) is 7.41. The second-order valence-corrected chi connectivity index (χ2v) is 18.9. The molecule has 256 valence electrons. The molecule has 0 spiro atoms. The fraction of sp³-hybridized carbons (Fsp3) is 0. The molecule has 1 aromatic heterocycles. The molecule has 11 aromatic rings. The molecule has 2 nitrogen and oxygen atoms in total. The number of rotatable bonds is 2. The average molecular weight is 800 g/mol. The minimum atomic E-state index is 0.284. The van der Waals surface area contributed by atoms with Crippen LogP contribution in [-0.4, -0.2) is 14.5 Å². The van der Waals surface area contributed by atoms with Crippen LogP contribution < -0.4 is 9.80 Å². The van der Waals surface area contributed by atoms with Crippen molar-refractivity contribution < 1.29 is 0 Å². The van der Waals surface area contributed by atoms with E-state index >= 15 is 0 Å². The third-order valence-corrected chi connectivity index (χ3v) is 16.2. The van der Waals surface area contributed by atoms with Gasteiger partial charge in [-0.15, -0.1) is 0 Å². The SMILES string of the molecule is c1ccc2c(c1)Sc1ccccc1N2c1ccc2c3cccc4c(N5c6ccccc6Sc6cc7c(cc65)[se]c5ccccc57)ccc(c5cccc1c25)c43. The summed E-state index contributed by atoms with van der Waals surface area (Å²) < 4.78 is 2.95. The maximum absolute atomic E-state index is 2.55. The first kappa shape index (κ1) is 30.6. The Kier molecular flexibility index (Phi) is 6.36. The summed E-state index contributed by atoms with van der Waals surface area (Å²) in [5, 5.41) is 13.2. The maximum atomic E-state index is 2.55. The van der Waals surface area contributed by atoms with Crippen LogP contribution in [0.2, 0.25) is 0 Å². The van der Waals surface area contributed by atoms with Gasteiger partial charge in [-0.25, -0.2) is 0 Å². The van der Waals surface area contributed by atoms with Crippen molar-refractivity contribution in [3.05, 3.63) is 170 Å². The summed E-state index contributed by atoms with van der Waals surface area (Å²) >= 11 is 4.04. The van der Waals surface area contributed by atoms with Gasteiger partial charge in [-0.05, 0) is 24.3 Å².